The van der Waals surface area contributed by atoms with Crippen molar-refractivity contribution in [3.05, 3.63) is 70.8 Å². The molecule has 2 aromatic rings. The molecule has 1 aliphatic heterocycles. The fraction of sp³-hybridized carbons (Fsp3) is 0.423. The predicted molar refractivity (Wildman–Crippen MR) is 118 cm³/mol. The fourth-order valence-corrected chi connectivity index (χ4v) is 5.22. The van der Waals surface area contributed by atoms with Crippen molar-refractivity contribution in [2.75, 3.05) is 11.4 Å². The molecule has 0 amide bonds. The molecule has 1 atom stereocenters. The number of aromatic carboxylic acids is 1. The molecule has 1 saturated carbocycles. The van der Waals surface area contributed by atoms with E-state index in [2.05, 4.69) is 41.3 Å². The molecular weight excluding hydrogens is 358 g/mol. The number of carboxylic acid groups (broad SMARTS) is 1. The number of allylic oxidation sites excluding steroid dienone is 2. The van der Waals surface area contributed by atoms with Crippen LogP contribution in [0.3, 0.4) is 0 Å². The summed E-state index contributed by atoms with van der Waals surface area (Å²) in [5.74, 6) is -0.121. The highest BCUT2D eigenvalue weighted by Gasteiger charge is 2.34. The van der Waals surface area contributed by atoms with Crippen molar-refractivity contribution in [1.82, 2.24) is 0 Å². The van der Waals surface area contributed by atoms with Gasteiger partial charge in [-0.05, 0) is 86.1 Å². The minimum absolute atomic E-state index is 0.346. The molecule has 3 heteroatoms. The van der Waals surface area contributed by atoms with Gasteiger partial charge in [0.05, 0.1) is 11.6 Å². The van der Waals surface area contributed by atoms with Crippen molar-refractivity contribution in [3.8, 4) is 0 Å². The van der Waals surface area contributed by atoms with E-state index in [1.165, 1.54) is 47.9 Å². The van der Waals surface area contributed by atoms with Crippen LogP contribution >= 0.6 is 0 Å². The normalized spacial score (nSPS) is 21.9. The number of nitrogens with zero attached hydrogens (tertiary/aromatic N) is 1. The Labute approximate surface area is 173 Å². The van der Waals surface area contributed by atoms with Gasteiger partial charge in [0.25, 0.3) is 0 Å². The third-order valence-corrected chi connectivity index (χ3v) is 6.82. The monoisotopic (exact) mass is 387 g/mol. The molecule has 1 N–H and O–H groups in total. The molecule has 150 valence electrons. The van der Waals surface area contributed by atoms with E-state index in [0.717, 1.165) is 43.8 Å². The minimum atomic E-state index is -0.843. The molecule has 1 saturated heterocycles. The first kappa shape index (κ1) is 18.5. The van der Waals surface area contributed by atoms with E-state index in [1.54, 1.807) is 6.07 Å². The topological polar surface area (TPSA) is 40.5 Å². The van der Waals surface area contributed by atoms with Crippen molar-refractivity contribution >= 4 is 17.2 Å². The van der Waals surface area contributed by atoms with E-state index in [0.29, 0.717) is 11.6 Å². The second-order valence-electron chi connectivity index (χ2n) is 8.77. The molecule has 0 radical (unpaired) electrons. The summed E-state index contributed by atoms with van der Waals surface area (Å²) in [5, 5.41) is 9.63. The third kappa shape index (κ3) is 3.59. The molecule has 0 bridgehead atoms. The third-order valence-electron chi connectivity index (χ3n) is 6.82. The van der Waals surface area contributed by atoms with Gasteiger partial charge in [0.2, 0.25) is 0 Å². The van der Waals surface area contributed by atoms with Crippen LogP contribution in [0.25, 0.3) is 5.57 Å². The van der Waals surface area contributed by atoms with Crippen molar-refractivity contribution < 1.29 is 9.90 Å². The Balaban J connectivity index is 1.59. The van der Waals surface area contributed by atoms with Crippen molar-refractivity contribution in [2.24, 2.45) is 0 Å². The Kier molecular flexibility index (Phi) is 4.91. The second-order valence-corrected chi connectivity index (χ2v) is 8.77. The quantitative estimate of drug-likeness (QED) is 0.631. The molecule has 3 nitrogen and oxygen atoms in total. The van der Waals surface area contributed by atoms with Gasteiger partial charge >= 0.3 is 5.97 Å². The Bertz CT molecular complexity index is 957. The number of carbonyl (C=O) groups is 1. The van der Waals surface area contributed by atoms with E-state index >= 15 is 0 Å². The molecule has 0 aromatic heterocycles. The Hall–Kier alpha value is -2.55. The average molecular weight is 388 g/mol. The maximum atomic E-state index is 11.7. The van der Waals surface area contributed by atoms with Crippen LogP contribution in [0.5, 0.6) is 0 Å². The number of rotatable bonds is 5. The number of carboxylic acids is 1. The zero-order chi connectivity index (χ0) is 19.8. The van der Waals surface area contributed by atoms with Gasteiger partial charge in [0.1, 0.15) is 0 Å². The molecule has 2 aliphatic carbocycles. The largest absolute Gasteiger partial charge is 0.478 e. The zero-order valence-electron chi connectivity index (χ0n) is 16.9. The van der Waals surface area contributed by atoms with Crippen LogP contribution in [-0.4, -0.2) is 17.6 Å². The summed E-state index contributed by atoms with van der Waals surface area (Å²) in [6.07, 6.45) is 12.0. The molecule has 0 unspecified atom stereocenters. The van der Waals surface area contributed by atoms with E-state index < -0.39 is 5.97 Å². The van der Waals surface area contributed by atoms with E-state index in [9.17, 15) is 9.90 Å². The number of benzene rings is 2. The van der Waals surface area contributed by atoms with Gasteiger partial charge in [-0.1, -0.05) is 36.4 Å². The summed E-state index contributed by atoms with van der Waals surface area (Å²) < 4.78 is 0. The summed E-state index contributed by atoms with van der Waals surface area (Å²) in [6, 6.07) is 15.0. The van der Waals surface area contributed by atoms with Crippen LogP contribution in [0.2, 0.25) is 0 Å². The average Bonchev–Trinajstić information content (AvgIpc) is 3.50. The lowest BCUT2D eigenvalue weighted by atomic mass is 9.90. The highest BCUT2D eigenvalue weighted by atomic mass is 16.4. The lowest BCUT2D eigenvalue weighted by molar-refractivity contribution is 0.0697. The van der Waals surface area contributed by atoms with E-state index in [1.807, 2.05) is 6.07 Å². The SMILES string of the molecule is O=C(O)c1ccc(C2=CCCCC2)c(N2CCC[C@H]2c2ccccc2C2CC2)c1. The molecule has 2 fully saturated rings. The van der Waals surface area contributed by atoms with Crippen LogP contribution < -0.4 is 4.90 Å². The van der Waals surface area contributed by atoms with Gasteiger partial charge in [0, 0.05) is 17.8 Å². The fourth-order valence-electron chi connectivity index (χ4n) is 5.22. The first-order valence-electron chi connectivity index (χ1n) is 11.1. The van der Waals surface area contributed by atoms with Crippen molar-refractivity contribution in [1.29, 1.82) is 0 Å². The lowest BCUT2D eigenvalue weighted by Crippen LogP contribution is -2.25. The maximum Gasteiger partial charge on any atom is 0.335 e. The highest BCUT2D eigenvalue weighted by Crippen LogP contribution is 2.47. The Morgan fingerprint density at radius 1 is 0.966 bits per heavy atom. The molecule has 2 aromatic carbocycles. The molecule has 3 aliphatic rings. The van der Waals surface area contributed by atoms with Crippen molar-refractivity contribution in [3.63, 3.8) is 0 Å². The van der Waals surface area contributed by atoms with Crippen LogP contribution in [0.1, 0.15) is 90.4 Å². The van der Waals surface area contributed by atoms with Gasteiger partial charge in [-0.15, -0.1) is 0 Å². The van der Waals surface area contributed by atoms with E-state index in [-0.39, 0.29) is 0 Å². The number of anilines is 1. The van der Waals surface area contributed by atoms with Gasteiger partial charge in [-0.2, -0.15) is 0 Å². The standard InChI is InChI=1S/C26H29NO2/c28-26(29)20-14-15-22(18-7-2-1-3-8-18)25(17-20)27-16-6-11-24(27)23-10-5-4-9-21(23)19-12-13-19/h4-5,7,9-10,14-15,17,19,24H,1-3,6,8,11-13,16H2,(H,28,29)/t24-/m0/s1. The summed E-state index contributed by atoms with van der Waals surface area (Å²) in [5.41, 5.74) is 7.11. The first-order valence-corrected chi connectivity index (χ1v) is 11.1. The summed E-state index contributed by atoms with van der Waals surface area (Å²) in [7, 11) is 0. The van der Waals surface area contributed by atoms with Crippen LogP contribution in [0.15, 0.2) is 48.5 Å². The number of hydrogen-bond donors (Lipinski definition) is 1. The van der Waals surface area contributed by atoms with Crippen LogP contribution in [0, 0.1) is 0 Å². The van der Waals surface area contributed by atoms with Gasteiger partial charge in [-0.3, -0.25) is 0 Å². The smallest absolute Gasteiger partial charge is 0.335 e. The molecule has 29 heavy (non-hydrogen) atoms. The summed E-state index contributed by atoms with van der Waals surface area (Å²) >= 11 is 0. The van der Waals surface area contributed by atoms with Gasteiger partial charge in [-0.25, -0.2) is 4.79 Å². The summed E-state index contributed by atoms with van der Waals surface area (Å²) in [6.45, 7) is 0.993. The van der Waals surface area contributed by atoms with Crippen LogP contribution in [0.4, 0.5) is 5.69 Å². The number of hydrogen-bond acceptors (Lipinski definition) is 2. The summed E-state index contributed by atoms with van der Waals surface area (Å²) in [4.78, 5) is 14.2. The van der Waals surface area contributed by atoms with E-state index in [4.69, 9.17) is 0 Å². The zero-order valence-corrected chi connectivity index (χ0v) is 16.9. The predicted octanol–water partition coefficient (Wildman–Crippen LogP) is 6.56. The maximum absolute atomic E-state index is 11.7. The van der Waals surface area contributed by atoms with Gasteiger partial charge < -0.3 is 10.0 Å². The molecule has 0 spiro atoms. The minimum Gasteiger partial charge on any atom is -0.478 e. The molecule has 1 heterocycles. The van der Waals surface area contributed by atoms with Crippen molar-refractivity contribution in [2.45, 2.75) is 63.3 Å². The Morgan fingerprint density at radius 3 is 2.52 bits per heavy atom. The lowest BCUT2D eigenvalue weighted by Gasteiger charge is -2.32. The van der Waals surface area contributed by atoms with Crippen LogP contribution in [-0.2, 0) is 0 Å². The second kappa shape index (κ2) is 7.70. The molecular formula is C26H29NO2. The first-order chi connectivity index (χ1) is 14.2. The molecule has 5 rings (SSSR count). The highest BCUT2D eigenvalue weighted by molar-refractivity contribution is 5.91. The Morgan fingerprint density at radius 2 is 1.79 bits per heavy atom. The van der Waals surface area contributed by atoms with Gasteiger partial charge in [0.15, 0.2) is 0 Å².